The predicted octanol–water partition coefficient (Wildman–Crippen LogP) is 4.32. The highest BCUT2D eigenvalue weighted by Crippen LogP contribution is 2.12. The Kier molecular flexibility index (Phi) is 13.5. The number of anilines is 2. The molecule has 204 valence electrons. The zero-order valence-corrected chi connectivity index (χ0v) is 22.8. The first kappa shape index (κ1) is 30.1. The monoisotopic (exact) mass is 514 g/mol. The maximum absolute atomic E-state index is 12.2. The summed E-state index contributed by atoms with van der Waals surface area (Å²) in [5, 5.41) is 0. The van der Waals surface area contributed by atoms with Crippen LogP contribution in [0.1, 0.15) is 33.6 Å². The van der Waals surface area contributed by atoms with Gasteiger partial charge in [0.05, 0.1) is 38.3 Å². The van der Waals surface area contributed by atoms with E-state index in [0.717, 1.165) is 11.4 Å². The smallest absolute Gasteiger partial charge is 0.307 e. The van der Waals surface area contributed by atoms with Crippen molar-refractivity contribution in [2.45, 2.75) is 51.9 Å². The third kappa shape index (κ3) is 12.6. The van der Waals surface area contributed by atoms with Crippen LogP contribution in [0.25, 0.3) is 0 Å². The number of ether oxygens (including phenoxy) is 4. The van der Waals surface area contributed by atoms with Crippen molar-refractivity contribution in [3.63, 3.8) is 0 Å². The third-order valence-electron chi connectivity index (χ3n) is 5.74. The Labute approximate surface area is 221 Å². The van der Waals surface area contributed by atoms with E-state index in [4.69, 9.17) is 18.9 Å². The fourth-order valence-corrected chi connectivity index (χ4v) is 3.44. The Morgan fingerprint density at radius 3 is 1.59 bits per heavy atom. The van der Waals surface area contributed by atoms with Crippen molar-refractivity contribution in [1.29, 1.82) is 0 Å². The summed E-state index contributed by atoms with van der Waals surface area (Å²) in [6, 6.07) is 19.8. The lowest BCUT2D eigenvalue weighted by atomic mass is 10.3. The Morgan fingerprint density at radius 1 is 0.649 bits per heavy atom. The number of carbonyl (C=O) groups excluding carboxylic acids is 2. The van der Waals surface area contributed by atoms with Gasteiger partial charge in [0, 0.05) is 38.6 Å². The topological polar surface area (TPSA) is 77.5 Å². The van der Waals surface area contributed by atoms with E-state index in [1.165, 1.54) is 0 Å². The summed E-state index contributed by atoms with van der Waals surface area (Å²) in [5.41, 5.74) is 2.11. The Bertz CT molecular complexity index is 911. The lowest BCUT2D eigenvalue weighted by molar-refractivity contribution is -0.154. The third-order valence-corrected chi connectivity index (χ3v) is 5.74. The van der Waals surface area contributed by atoms with Crippen LogP contribution >= 0.6 is 0 Å². The van der Waals surface area contributed by atoms with Crippen LogP contribution in [0.15, 0.2) is 60.7 Å². The van der Waals surface area contributed by atoms with Gasteiger partial charge >= 0.3 is 11.9 Å². The summed E-state index contributed by atoms with van der Waals surface area (Å²) in [6.45, 7) is 7.52. The molecule has 0 fully saturated rings. The second-order valence-corrected chi connectivity index (χ2v) is 9.29. The van der Waals surface area contributed by atoms with E-state index in [2.05, 4.69) is 0 Å². The van der Waals surface area contributed by atoms with E-state index < -0.39 is 0 Å². The lowest BCUT2D eigenvalue weighted by Crippen LogP contribution is -2.29. The number of esters is 2. The molecule has 3 atom stereocenters. The molecule has 0 bridgehead atoms. The second kappa shape index (κ2) is 16.6. The van der Waals surface area contributed by atoms with Crippen molar-refractivity contribution in [2.24, 2.45) is 0 Å². The van der Waals surface area contributed by atoms with Crippen molar-refractivity contribution < 1.29 is 28.5 Å². The molecule has 0 amide bonds. The highest BCUT2D eigenvalue weighted by atomic mass is 16.6. The average molecular weight is 515 g/mol. The lowest BCUT2D eigenvalue weighted by Gasteiger charge is -2.21. The molecule has 0 N–H and O–H groups in total. The van der Waals surface area contributed by atoms with Crippen LogP contribution in [-0.4, -0.2) is 77.3 Å². The number of benzene rings is 2. The summed E-state index contributed by atoms with van der Waals surface area (Å²) >= 11 is 0. The molecule has 2 aromatic rings. The molecular formula is C29H42N2O6. The molecule has 3 unspecified atom stereocenters. The van der Waals surface area contributed by atoms with Crippen molar-refractivity contribution in [2.75, 3.05) is 56.8 Å². The second-order valence-electron chi connectivity index (χ2n) is 9.29. The fraction of sp³-hybridized carbons (Fsp3) is 0.517. The quantitative estimate of drug-likeness (QED) is 0.289. The molecule has 0 spiro atoms. The highest BCUT2D eigenvalue weighted by Gasteiger charge is 2.15. The molecule has 0 radical (unpaired) electrons. The summed E-state index contributed by atoms with van der Waals surface area (Å²) in [5.74, 6) is -0.513. The van der Waals surface area contributed by atoms with Crippen molar-refractivity contribution in [3.8, 4) is 0 Å². The zero-order chi connectivity index (χ0) is 27.0. The van der Waals surface area contributed by atoms with Crippen LogP contribution in [0.5, 0.6) is 0 Å². The van der Waals surface area contributed by atoms with Gasteiger partial charge in [-0.15, -0.1) is 0 Å². The van der Waals surface area contributed by atoms with E-state index >= 15 is 0 Å². The first-order valence-corrected chi connectivity index (χ1v) is 12.8. The number of carbonyl (C=O) groups is 2. The van der Waals surface area contributed by atoms with Crippen LogP contribution < -0.4 is 9.80 Å². The standard InChI is InChI=1S/C29H42N2O6/c1-23(35-22-25(3)37-29(33)17-19-31(5)27-14-10-7-11-15-27)20-34-24(2)21-36-28(32)16-18-30(4)26-12-8-6-9-13-26/h6-15,23-25H,16-22H2,1-5H3. The molecular weight excluding hydrogens is 472 g/mol. The molecule has 0 aliphatic heterocycles. The number of nitrogens with zero attached hydrogens (tertiary/aromatic N) is 2. The first-order chi connectivity index (χ1) is 17.7. The van der Waals surface area contributed by atoms with E-state index in [1.807, 2.05) is 105 Å². The molecule has 0 aliphatic rings. The van der Waals surface area contributed by atoms with Gasteiger partial charge in [0.2, 0.25) is 0 Å². The van der Waals surface area contributed by atoms with Gasteiger partial charge in [0.1, 0.15) is 12.7 Å². The molecule has 0 aromatic heterocycles. The van der Waals surface area contributed by atoms with Gasteiger partial charge in [0.15, 0.2) is 0 Å². The Hall–Kier alpha value is -3.10. The van der Waals surface area contributed by atoms with E-state index in [9.17, 15) is 9.59 Å². The molecule has 8 heteroatoms. The van der Waals surface area contributed by atoms with Gasteiger partial charge in [-0.05, 0) is 45.0 Å². The zero-order valence-electron chi connectivity index (χ0n) is 22.8. The number of para-hydroxylation sites is 2. The summed E-state index contributed by atoms with van der Waals surface area (Å²) in [4.78, 5) is 28.3. The van der Waals surface area contributed by atoms with Crippen molar-refractivity contribution >= 4 is 23.3 Å². The molecule has 0 saturated carbocycles. The summed E-state index contributed by atoms with van der Waals surface area (Å²) in [6.07, 6.45) is -0.199. The highest BCUT2D eigenvalue weighted by molar-refractivity contribution is 5.70. The number of hydrogen-bond acceptors (Lipinski definition) is 8. The Balaban J connectivity index is 1.52. The molecule has 37 heavy (non-hydrogen) atoms. The van der Waals surface area contributed by atoms with Gasteiger partial charge in [-0.1, -0.05) is 36.4 Å². The van der Waals surface area contributed by atoms with Gasteiger partial charge in [-0.25, -0.2) is 0 Å². The van der Waals surface area contributed by atoms with Crippen LogP contribution in [0.3, 0.4) is 0 Å². The molecule has 8 nitrogen and oxygen atoms in total. The molecule has 2 aromatic carbocycles. The van der Waals surface area contributed by atoms with Gasteiger partial charge in [-0.3, -0.25) is 9.59 Å². The minimum absolute atomic E-state index is 0.187. The molecule has 0 aliphatic carbocycles. The van der Waals surface area contributed by atoms with Crippen LogP contribution in [-0.2, 0) is 28.5 Å². The van der Waals surface area contributed by atoms with E-state index in [0.29, 0.717) is 32.5 Å². The number of hydrogen-bond donors (Lipinski definition) is 0. The van der Waals surface area contributed by atoms with Crippen molar-refractivity contribution in [1.82, 2.24) is 0 Å². The van der Waals surface area contributed by atoms with Crippen molar-refractivity contribution in [3.05, 3.63) is 60.7 Å². The summed E-state index contributed by atoms with van der Waals surface area (Å²) < 4.78 is 22.3. The largest absolute Gasteiger partial charge is 0.463 e. The minimum Gasteiger partial charge on any atom is -0.463 e. The van der Waals surface area contributed by atoms with Gasteiger partial charge < -0.3 is 28.7 Å². The minimum atomic E-state index is -0.357. The average Bonchev–Trinajstić information content (AvgIpc) is 2.92. The van der Waals surface area contributed by atoms with E-state index in [-0.39, 0.29) is 43.5 Å². The van der Waals surface area contributed by atoms with Crippen LogP contribution in [0.4, 0.5) is 11.4 Å². The normalized spacial score (nSPS) is 13.3. The van der Waals surface area contributed by atoms with E-state index in [1.54, 1.807) is 0 Å². The van der Waals surface area contributed by atoms with Crippen LogP contribution in [0.2, 0.25) is 0 Å². The number of rotatable bonds is 17. The fourth-order valence-electron chi connectivity index (χ4n) is 3.44. The van der Waals surface area contributed by atoms with Gasteiger partial charge in [0.25, 0.3) is 0 Å². The van der Waals surface area contributed by atoms with Gasteiger partial charge in [-0.2, -0.15) is 0 Å². The SMILES string of the molecule is CC(COC(=O)CCN(C)c1ccccc1)OCC(C)OCC(C)OC(=O)CCN(C)c1ccccc1. The maximum Gasteiger partial charge on any atom is 0.307 e. The first-order valence-electron chi connectivity index (χ1n) is 12.8. The molecule has 2 rings (SSSR count). The molecule has 0 heterocycles. The summed E-state index contributed by atoms with van der Waals surface area (Å²) in [7, 11) is 3.89. The molecule has 0 saturated heterocycles. The predicted molar refractivity (Wildman–Crippen MR) is 146 cm³/mol. The maximum atomic E-state index is 12.2. The Morgan fingerprint density at radius 2 is 1.08 bits per heavy atom. The van der Waals surface area contributed by atoms with Crippen LogP contribution in [0, 0.1) is 0 Å².